The van der Waals surface area contributed by atoms with Crippen molar-refractivity contribution in [3.63, 3.8) is 0 Å². The highest BCUT2D eigenvalue weighted by Crippen LogP contribution is 2.06. The number of H-pyrrole nitrogens is 1. The Labute approximate surface area is 208 Å². The van der Waals surface area contributed by atoms with E-state index in [-0.39, 0.29) is 12.8 Å². The van der Waals surface area contributed by atoms with Crippen LogP contribution in [-0.4, -0.2) is 92.7 Å². The molecule has 5 atom stereocenters. The molecule has 198 valence electrons. The molecule has 35 heavy (non-hydrogen) atoms. The summed E-state index contributed by atoms with van der Waals surface area (Å²) >= 11 is 1.52. The first-order chi connectivity index (χ1) is 16.6. The monoisotopic (exact) mass is 515 g/mol. The summed E-state index contributed by atoms with van der Waals surface area (Å²) < 4.78 is 0. The maximum absolute atomic E-state index is 12.9. The van der Waals surface area contributed by atoms with Crippen LogP contribution in [0.5, 0.6) is 0 Å². The number of carbonyl (C=O) groups excluding carboxylic acids is 3. The molecule has 13 nitrogen and oxygen atoms in total. The van der Waals surface area contributed by atoms with Gasteiger partial charge in [0.15, 0.2) is 0 Å². The number of nitrogens with zero attached hydrogens (tertiary/aromatic N) is 1. The van der Waals surface area contributed by atoms with Crippen LogP contribution < -0.4 is 27.4 Å². The smallest absolute Gasteiger partial charge is 0.326 e. The quantitative estimate of drug-likeness (QED) is 0.107. The number of amides is 3. The lowest BCUT2D eigenvalue weighted by atomic mass is 10.0. The van der Waals surface area contributed by atoms with Gasteiger partial charge in [-0.15, -0.1) is 0 Å². The van der Waals surface area contributed by atoms with E-state index in [1.807, 2.05) is 6.26 Å². The highest BCUT2D eigenvalue weighted by molar-refractivity contribution is 7.98. The number of thioether (sulfide) groups is 1. The average Bonchev–Trinajstić information content (AvgIpc) is 3.32. The van der Waals surface area contributed by atoms with E-state index < -0.39 is 54.0 Å². The van der Waals surface area contributed by atoms with Crippen molar-refractivity contribution in [2.45, 2.75) is 69.3 Å². The third kappa shape index (κ3) is 11.1. The zero-order valence-corrected chi connectivity index (χ0v) is 20.8. The summed E-state index contributed by atoms with van der Waals surface area (Å²) in [7, 11) is 0. The van der Waals surface area contributed by atoms with Crippen molar-refractivity contribution in [1.29, 1.82) is 0 Å². The normalized spacial score (nSPS) is 15.3. The molecule has 0 spiro atoms. The van der Waals surface area contributed by atoms with Gasteiger partial charge >= 0.3 is 5.97 Å². The van der Waals surface area contributed by atoms with Gasteiger partial charge in [-0.1, -0.05) is 0 Å². The molecule has 0 bridgehead atoms. The molecule has 10 N–H and O–H groups in total. The Balaban J connectivity index is 2.92. The van der Waals surface area contributed by atoms with E-state index in [1.54, 1.807) is 0 Å². The number of nitrogens with two attached hydrogens (primary N) is 2. The van der Waals surface area contributed by atoms with Crippen molar-refractivity contribution >= 4 is 35.5 Å². The van der Waals surface area contributed by atoms with Crippen LogP contribution in [0.2, 0.25) is 0 Å². The van der Waals surface area contributed by atoms with Gasteiger partial charge in [-0.05, 0) is 51.2 Å². The number of rotatable bonds is 17. The number of nitrogens with one attached hydrogen (secondary N) is 4. The van der Waals surface area contributed by atoms with Crippen LogP contribution in [0.4, 0.5) is 0 Å². The second-order valence-corrected chi connectivity index (χ2v) is 9.13. The molecule has 3 amide bonds. The van der Waals surface area contributed by atoms with Crippen LogP contribution in [0.15, 0.2) is 12.5 Å². The fraction of sp³-hybridized carbons (Fsp3) is 0.667. The van der Waals surface area contributed by atoms with E-state index in [0.717, 1.165) is 0 Å². The maximum Gasteiger partial charge on any atom is 0.326 e. The summed E-state index contributed by atoms with van der Waals surface area (Å²) in [5.41, 5.74) is 11.9. The van der Waals surface area contributed by atoms with Crippen LogP contribution in [0, 0.1) is 0 Å². The van der Waals surface area contributed by atoms with Crippen molar-refractivity contribution < 1.29 is 29.4 Å². The van der Waals surface area contributed by atoms with Crippen molar-refractivity contribution in [1.82, 2.24) is 25.9 Å². The summed E-state index contributed by atoms with van der Waals surface area (Å²) in [6.45, 7) is 1.70. The lowest BCUT2D eigenvalue weighted by molar-refractivity contribution is -0.142. The first-order valence-electron chi connectivity index (χ1n) is 11.3. The number of aliphatic carboxylic acids is 1. The number of aliphatic hydroxyl groups excluding tert-OH is 1. The van der Waals surface area contributed by atoms with Crippen LogP contribution in [0.3, 0.4) is 0 Å². The van der Waals surface area contributed by atoms with Crippen LogP contribution in [-0.2, 0) is 25.6 Å². The topological polar surface area (TPSA) is 226 Å². The van der Waals surface area contributed by atoms with Gasteiger partial charge in [0.05, 0.1) is 18.5 Å². The SMILES string of the molecule is CSCCC(N)C(=O)NC(C(=O)NC(CCCCN)C(=O)NC(Cc1cnc[nH]1)C(=O)O)C(C)O. The standard InChI is InChI=1S/C21H37N7O6S/c1-12(29)17(28-18(30)14(23)6-8-35-2)20(32)26-15(5-3-4-7-22)19(31)27-16(21(33)34)9-13-10-24-11-25-13/h10-12,14-17,29H,3-9,22-23H2,1-2H3,(H,24,25)(H,26,32)(H,27,31)(H,28,30)(H,33,34). The maximum atomic E-state index is 12.9. The van der Waals surface area contributed by atoms with E-state index in [9.17, 15) is 29.4 Å². The highest BCUT2D eigenvalue weighted by Gasteiger charge is 2.32. The van der Waals surface area contributed by atoms with Crippen LogP contribution in [0.25, 0.3) is 0 Å². The number of aromatic amines is 1. The van der Waals surface area contributed by atoms with Gasteiger partial charge < -0.3 is 42.6 Å². The summed E-state index contributed by atoms with van der Waals surface area (Å²) in [5.74, 6) is -2.72. The molecule has 0 aliphatic heterocycles. The minimum Gasteiger partial charge on any atom is -0.480 e. The van der Waals surface area contributed by atoms with E-state index >= 15 is 0 Å². The largest absolute Gasteiger partial charge is 0.480 e. The van der Waals surface area contributed by atoms with Crippen molar-refractivity contribution in [3.05, 3.63) is 18.2 Å². The number of aliphatic hydroxyl groups is 1. The third-order valence-corrected chi connectivity index (χ3v) is 5.85. The Hall–Kier alpha value is -2.68. The van der Waals surface area contributed by atoms with E-state index in [2.05, 4.69) is 25.9 Å². The Kier molecular flexibility index (Phi) is 13.9. The van der Waals surface area contributed by atoms with Crippen LogP contribution in [0.1, 0.15) is 38.3 Å². The number of carbonyl (C=O) groups is 4. The lowest BCUT2D eigenvalue weighted by Crippen LogP contribution is -2.59. The summed E-state index contributed by atoms with van der Waals surface area (Å²) in [6, 6.07) is -4.59. The number of aromatic nitrogens is 2. The molecule has 1 rings (SSSR count). The number of carboxylic acids is 1. The molecule has 0 fully saturated rings. The predicted octanol–water partition coefficient (Wildman–Crippen LogP) is -1.92. The molecule has 0 saturated heterocycles. The van der Waals surface area contributed by atoms with Crippen molar-refractivity contribution in [3.8, 4) is 0 Å². The van der Waals surface area contributed by atoms with Gasteiger partial charge in [0.25, 0.3) is 0 Å². The minimum absolute atomic E-state index is 0.0369. The highest BCUT2D eigenvalue weighted by atomic mass is 32.2. The molecule has 5 unspecified atom stereocenters. The van der Waals surface area contributed by atoms with Gasteiger partial charge in [0.2, 0.25) is 17.7 Å². The molecule has 1 heterocycles. The molecule has 0 aliphatic carbocycles. The predicted molar refractivity (Wildman–Crippen MR) is 131 cm³/mol. The Morgan fingerprint density at radius 1 is 1.09 bits per heavy atom. The molecular formula is C21H37N7O6S. The second kappa shape index (κ2) is 16.1. The first-order valence-corrected chi connectivity index (χ1v) is 12.7. The zero-order valence-electron chi connectivity index (χ0n) is 20.0. The van der Waals surface area contributed by atoms with E-state index in [4.69, 9.17) is 11.5 Å². The molecule has 1 aromatic rings. The fourth-order valence-electron chi connectivity index (χ4n) is 3.15. The molecule has 0 aliphatic rings. The molecule has 14 heteroatoms. The van der Waals surface area contributed by atoms with Gasteiger partial charge in [0.1, 0.15) is 18.1 Å². The Bertz CT molecular complexity index is 808. The van der Waals surface area contributed by atoms with Crippen molar-refractivity contribution in [2.75, 3.05) is 18.6 Å². The first kappa shape index (κ1) is 30.4. The van der Waals surface area contributed by atoms with Gasteiger partial charge in [-0.2, -0.15) is 11.8 Å². The zero-order chi connectivity index (χ0) is 26.4. The summed E-state index contributed by atoms with van der Waals surface area (Å²) in [4.78, 5) is 56.5. The average molecular weight is 516 g/mol. The van der Waals surface area contributed by atoms with Gasteiger partial charge in [-0.3, -0.25) is 14.4 Å². The number of hydrogen-bond donors (Lipinski definition) is 8. The second-order valence-electron chi connectivity index (χ2n) is 8.14. The van der Waals surface area contributed by atoms with Crippen molar-refractivity contribution in [2.24, 2.45) is 11.5 Å². The lowest BCUT2D eigenvalue weighted by Gasteiger charge is -2.26. The number of hydrogen-bond acceptors (Lipinski definition) is 9. The molecule has 0 saturated carbocycles. The Morgan fingerprint density at radius 2 is 1.77 bits per heavy atom. The third-order valence-electron chi connectivity index (χ3n) is 5.21. The van der Waals surface area contributed by atoms with Gasteiger partial charge in [-0.25, -0.2) is 9.78 Å². The number of carboxylic acid groups (broad SMARTS) is 1. The molecule has 0 radical (unpaired) electrons. The molecular weight excluding hydrogens is 478 g/mol. The van der Waals surface area contributed by atoms with E-state index in [1.165, 1.54) is 31.2 Å². The molecule has 1 aromatic heterocycles. The number of unbranched alkanes of at least 4 members (excludes halogenated alkanes) is 1. The fourth-order valence-corrected chi connectivity index (χ4v) is 3.64. The molecule has 0 aromatic carbocycles. The minimum atomic E-state index is -1.35. The summed E-state index contributed by atoms with van der Waals surface area (Å²) in [5, 5.41) is 27.0. The van der Waals surface area contributed by atoms with Crippen LogP contribution >= 0.6 is 11.8 Å². The van der Waals surface area contributed by atoms with Gasteiger partial charge in [0, 0.05) is 18.3 Å². The van der Waals surface area contributed by atoms with E-state index in [0.29, 0.717) is 37.3 Å². The Morgan fingerprint density at radius 3 is 2.31 bits per heavy atom. The summed E-state index contributed by atoms with van der Waals surface area (Å²) in [6.07, 6.45) is 5.03. The number of imidazole rings is 1.